The van der Waals surface area contributed by atoms with Crippen LogP contribution >= 0.6 is 15.9 Å². The molecule has 0 saturated heterocycles. The van der Waals surface area contributed by atoms with E-state index in [-0.39, 0.29) is 6.10 Å². The fourth-order valence-electron chi connectivity index (χ4n) is 1.61. The Morgan fingerprint density at radius 1 is 1.44 bits per heavy atom. The molecule has 4 nitrogen and oxygen atoms in total. The minimum atomic E-state index is -0.349. The van der Waals surface area contributed by atoms with E-state index in [1.807, 2.05) is 19.1 Å². The van der Waals surface area contributed by atoms with Crippen LogP contribution in [0.25, 0.3) is 0 Å². The van der Waals surface area contributed by atoms with Gasteiger partial charge in [0.25, 0.3) is 0 Å². The molecular weight excluding hydrogens is 298 g/mol. The second-order valence-corrected chi connectivity index (χ2v) is 4.88. The van der Waals surface area contributed by atoms with Crippen LogP contribution in [-0.2, 0) is 6.54 Å². The molecule has 0 unspecified atom stereocenters. The van der Waals surface area contributed by atoms with Crippen LogP contribution in [0.4, 0.5) is 0 Å². The van der Waals surface area contributed by atoms with Crippen LogP contribution < -0.4 is 14.8 Å². The number of aliphatic hydroxyl groups excluding tert-OH is 1. The van der Waals surface area contributed by atoms with Gasteiger partial charge in [0.15, 0.2) is 11.5 Å². The number of ether oxygens (including phenoxy) is 2. The standard InChI is InChI=1S/C13H20BrNO3/c1-4-18-12-6-10(8-15-7-9(2)16)5-11(14)13(12)17-3/h5-6,9,15-16H,4,7-8H2,1-3H3/t9-/m1/s1. The van der Waals surface area contributed by atoms with Crippen molar-refractivity contribution in [3.63, 3.8) is 0 Å². The Balaban J connectivity index is 2.80. The second-order valence-electron chi connectivity index (χ2n) is 4.02. The Labute approximate surface area is 116 Å². The van der Waals surface area contributed by atoms with Crippen LogP contribution in [0.5, 0.6) is 11.5 Å². The van der Waals surface area contributed by atoms with Gasteiger partial charge in [0.05, 0.1) is 24.3 Å². The number of hydrogen-bond acceptors (Lipinski definition) is 4. The molecule has 2 N–H and O–H groups in total. The molecule has 1 aromatic carbocycles. The van der Waals surface area contributed by atoms with E-state index in [9.17, 15) is 5.11 Å². The van der Waals surface area contributed by atoms with Gasteiger partial charge >= 0.3 is 0 Å². The first-order valence-corrected chi connectivity index (χ1v) is 6.75. The highest BCUT2D eigenvalue weighted by Crippen LogP contribution is 2.36. The van der Waals surface area contributed by atoms with Gasteiger partial charge in [0.2, 0.25) is 0 Å². The molecule has 0 fully saturated rings. The first-order valence-electron chi connectivity index (χ1n) is 5.96. The number of methoxy groups -OCH3 is 1. The average Bonchev–Trinajstić information content (AvgIpc) is 2.28. The summed E-state index contributed by atoms with van der Waals surface area (Å²) in [5.41, 5.74) is 1.08. The van der Waals surface area contributed by atoms with Gasteiger partial charge in [0, 0.05) is 13.1 Å². The Kier molecular flexibility index (Phi) is 6.46. The predicted molar refractivity (Wildman–Crippen MR) is 75.3 cm³/mol. The number of nitrogens with one attached hydrogen (secondary N) is 1. The molecule has 18 heavy (non-hydrogen) atoms. The van der Waals surface area contributed by atoms with Gasteiger partial charge in [-0.05, 0) is 47.5 Å². The molecule has 0 bridgehead atoms. The van der Waals surface area contributed by atoms with E-state index in [4.69, 9.17) is 9.47 Å². The second kappa shape index (κ2) is 7.61. The highest BCUT2D eigenvalue weighted by molar-refractivity contribution is 9.10. The Bertz CT molecular complexity index is 383. The minimum absolute atomic E-state index is 0.349. The molecule has 0 aliphatic carbocycles. The van der Waals surface area contributed by atoms with Crippen molar-refractivity contribution in [1.29, 1.82) is 0 Å². The van der Waals surface area contributed by atoms with Gasteiger partial charge in [-0.1, -0.05) is 0 Å². The molecule has 0 heterocycles. The Morgan fingerprint density at radius 3 is 2.72 bits per heavy atom. The molecule has 0 aliphatic heterocycles. The van der Waals surface area contributed by atoms with Crippen molar-refractivity contribution in [2.75, 3.05) is 20.3 Å². The van der Waals surface area contributed by atoms with Crippen molar-refractivity contribution >= 4 is 15.9 Å². The maximum atomic E-state index is 9.19. The molecule has 1 rings (SSSR count). The predicted octanol–water partition coefficient (Wildman–Crippen LogP) is 2.33. The number of rotatable bonds is 7. The van der Waals surface area contributed by atoms with Gasteiger partial charge < -0.3 is 19.9 Å². The lowest BCUT2D eigenvalue weighted by Crippen LogP contribution is -2.23. The fraction of sp³-hybridized carbons (Fsp3) is 0.538. The molecule has 102 valence electrons. The highest BCUT2D eigenvalue weighted by Gasteiger charge is 2.11. The normalized spacial score (nSPS) is 12.3. The zero-order valence-corrected chi connectivity index (χ0v) is 12.6. The minimum Gasteiger partial charge on any atom is -0.492 e. The first kappa shape index (κ1) is 15.3. The molecule has 0 radical (unpaired) electrons. The lowest BCUT2D eigenvalue weighted by atomic mass is 10.2. The lowest BCUT2D eigenvalue weighted by molar-refractivity contribution is 0.191. The highest BCUT2D eigenvalue weighted by atomic mass is 79.9. The van der Waals surface area contributed by atoms with E-state index in [1.165, 1.54) is 0 Å². The van der Waals surface area contributed by atoms with Gasteiger partial charge in [-0.15, -0.1) is 0 Å². The number of aliphatic hydroxyl groups is 1. The number of benzene rings is 1. The summed E-state index contributed by atoms with van der Waals surface area (Å²) in [6.07, 6.45) is -0.349. The molecule has 0 amide bonds. The first-order chi connectivity index (χ1) is 8.58. The summed E-state index contributed by atoms with van der Waals surface area (Å²) in [6.45, 7) is 5.52. The third kappa shape index (κ3) is 4.48. The van der Waals surface area contributed by atoms with E-state index < -0.39 is 0 Å². The van der Waals surface area contributed by atoms with Crippen LogP contribution in [0.2, 0.25) is 0 Å². The van der Waals surface area contributed by atoms with Crippen molar-refractivity contribution in [3.8, 4) is 11.5 Å². The molecule has 0 spiro atoms. The maximum absolute atomic E-state index is 9.19. The zero-order valence-electron chi connectivity index (χ0n) is 11.0. The molecule has 0 aliphatic rings. The van der Waals surface area contributed by atoms with E-state index in [0.717, 1.165) is 15.8 Å². The van der Waals surface area contributed by atoms with Gasteiger partial charge in [-0.3, -0.25) is 0 Å². The van der Waals surface area contributed by atoms with Crippen LogP contribution in [0.3, 0.4) is 0 Å². The van der Waals surface area contributed by atoms with Crippen molar-refractivity contribution in [1.82, 2.24) is 5.32 Å². The van der Waals surface area contributed by atoms with Crippen LogP contribution in [-0.4, -0.2) is 31.5 Å². The zero-order chi connectivity index (χ0) is 13.5. The molecule has 0 aromatic heterocycles. The Morgan fingerprint density at radius 2 is 2.17 bits per heavy atom. The van der Waals surface area contributed by atoms with Crippen LogP contribution in [0.15, 0.2) is 16.6 Å². The molecule has 5 heteroatoms. The number of halogens is 1. The third-order valence-corrected chi connectivity index (χ3v) is 2.93. The summed E-state index contributed by atoms with van der Waals surface area (Å²) in [4.78, 5) is 0. The van der Waals surface area contributed by atoms with Crippen LogP contribution in [0, 0.1) is 0 Å². The van der Waals surface area contributed by atoms with E-state index in [0.29, 0.717) is 25.4 Å². The lowest BCUT2D eigenvalue weighted by Gasteiger charge is -2.14. The molecule has 1 aromatic rings. The topological polar surface area (TPSA) is 50.7 Å². The summed E-state index contributed by atoms with van der Waals surface area (Å²) < 4.78 is 11.7. The smallest absolute Gasteiger partial charge is 0.174 e. The summed E-state index contributed by atoms with van der Waals surface area (Å²) in [5.74, 6) is 1.43. The molecular formula is C13H20BrNO3. The SMILES string of the molecule is CCOc1cc(CNC[C@@H](C)O)cc(Br)c1OC. The van der Waals surface area contributed by atoms with Crippen LogP contribution in [0.1, 0.15) is 19.4 Å². The summed E-state index contributed by atoms with van der Waals surface area (Å²) >= 11 is 3.47. The summed E-state index contributed by atoms with van der Waals surface area (Å²) in [5, 5.41) is 12.4. The monoisotopic (exact) mass is 317 g/mol. The van der Waals surface area contributed by atoms with Crippen molar-refractivity contribution in [3.05, 3.63) is 22.2 Å². The third-order valence-electron chi connectivity index (χ3n) is 2.34. The van der Waals surface area contributed by atoms with E-state index >= 15 is 0 Å². The van der Waals surface area contributed by atoms with Crippen molar-refractivity contribution < 1.29 is 14.6 Å². The van der Waals surface area contributed by atoms with Gasteiger partial charge in [-0.25, -0.2) is 0 Å². The number of hydrogen-bond donors (Lipinski definition) is 2. The fourth-order valence-corrected chi connectivity index (χ4v) is 2.26. The van der Waals surface area contributed by atoms with E-state index in [1.54, 1.807) is 14.0 Å². The maximum Gasteiger partial charge on any atom is 0.174 e. The van der Waals surface area contributed by atoms with E-state index in [2.05, 4.69) is 21.2 Å². The van der Waals surface area contributed by atoms with Gasteiger partial charge in [0.1, 0.15) is 0 Å². The largest absolute Gasteiger partial charge is 0.492 e. The molecule has 0 saturated carbocycles. The summed E-state index contributed by atoms with van der Waals surface area (Å²) in [7, 11) is 1.62. The van der Waals surface area contributed by atoms with Crippen molar-refractivity contribution in [2.24, 2.45) is 0 Å². The summed E-state index contributed by atoms with van der Waals surface area (Å²) in [6, 6.07) is 3.93. The molecule has 1 atom stereocenters. The Hall–Kier alpha value is -0.780. The average molecular weight is 318 g/mol. The van der Waals surface area contributed by atoms with Crippen molar-refractivity contribution in [2.45, 2.75) is 26.5 Å². The van der Waals surface area contributed by atoms with Gasteiger partial charge in [-0.2, -0.15) is 0 Å². The quantitative estimate of drug-likeness (QED) is 0.810.